The molecule has 100 valence electrons. The van der Waals surface area contributed by atoms with E-state index >= 15 is 0 Å². The molecule has 0 aliphatic heterocycles. The van der Waals surface area contributed by atoms with Crippen LogP contribution < -0.4 is 10.5 Å². The lowest BCUT2D eigenvalue weighted by atomic mass is 10.3. The van der Waals surface area contributed by atoms with Gasteiger partial charge in [0.05, 0.1) is 5.56 Å². The molecule has 1 aromatic carbocycles. The van der Waals surface area contributed by atoms with Crippen LogP contribution in [0.4, 0.5) is 10.2 Å². The van der Waals surface area contributed by atoms with Crippen molar-refractivity contribution >= 4 is 5.82 Å². The van der Waals surface area contributed by atoms with Crippen molar-refractivity contribution in [2.75, 3.05) is 5.73 Å². The zero-order valence-electron chi connectivity index (χ0n) is 11.0. The Bertz CT molecular complexity index is 587. The van der Waals surface area contributed by atoms with E-state index in [4.69, 9.17) is 10.5 Å². The molecular formula is C14H16FN3O. The van der Waals surface area contributed by atoms with Gasteiger partial charge in [-0.1, -0.05) is 13.0 Å². The van der Waals surface area contributed by atoms with Crippen LogP contribution in [0.1, 0.15) is 24.7 Å². The molecule has 2 aromatic rings. The predicted molar refractivity (Wildman–Crippen MR) is 71.7 cm³/mol. The third-order valence-corrected chi connectivity index (χ3v) is 2.67. The molecule has 0 saturated heterocycles. The first-order chi connectivity index (χ1) is 9.10. The molecule has 1 heterocycles. The lowest BCUT2D eigenvalue weighted by Gasteiger charge is -2.10. The Balaban J connectivity index is 2.33. The summed E-state index contributed by atoms with van der Waals surface area (Å²) in [7, 11) is 0. The normalized spacial score (nSPS) is 10.5. The number of halogens is 1. The van der Waals surface area contributed by atoms with Gasteiger partial charge >= 0.3 is 0 Å². The van der Waals surface area contributed by atoms with Crippen molar-refractivity contribution in [3.63, 3.8) is 0 Å². The summed E-state index contributed by atoms with van der Waals surface area (Å²) in [6, 6.07) is 5.91. The molecule has 0 aliphatic carbocycles. The first-order valence-electron chi connectivity index (χ1n) is 6.16. The Morgan fingerprint density at radius 3 is 2.79 bits per heavy atom. The van der Waals surface area contributed by atoms with Gasteiger partial charge in [0.15, 0.2) is 0 Å². The Kier molecular flexibility index (Phi) is 3.94. The van der Waals surface area contributed by atoms with Gasteiger partial charge in [-0.05, 0) is 25.5 Å². The van der Waals surface area contributed by atoms with Crippen molar-refractivity contribution in [3.8, 4) is 11.6 Å². The van der Waals surface area contributed by atoms with Crippen molar-refractivity contribution in [2.45, 2.75) is 26.7 Å². The van der Waals surface area contributed by atoms with Crippen LogP contribution in [0, 0.1) is 12.7 Å². The number of rotatable bonds is 4. The van der Waals surface area contributed by atoms with E-state index in [9.17, 15) is 4.39 Å². The van der Waals surface area contributed by atoms with E-state index in [1.807, 2.05) is 6.92 Å². The second-order valence-corrected chi connectivity index (χ2v) is 4.26. The molecular weight excluding hydrogens is 245 g/mol. The Labute approximate surface area is 111 Å². The lowest BCUT2D eigenvalue weighted by molar-refractivity contribution is 0.450. The SMILES string of the molecule is CCCc1nc(N)c(C)c(Oc2cccc(F)c2)n1. The summed E-state index contributed by atoms with van der Waals surface area (Å²) in [5, 5.41) is 0. The summed E-state index contributed by atoms with van der Waals surface area (Å²) in [5.41, 5.74) is 6.49. The number of benzene rings is 1. The average molecular weight is 261 g/mol. The number of ether oxygens (including phenoxy) is 1. The topological polar surface area (TPSA) is 61.0 Å². The largest absolute Gasteiger partial charge is 0.438 e. The number of nitrogen functional groups attached to an aromatic ring is 1. The first kappa shape index (κ1) is 13.3. The maximum atomic E-state index is 13.1. The number of aryl methyl sites for hydroxylation is 1. The van der Waals surface area contributed by atoms with Crippen LogP contribution in [-0.2, 0) is 6.42 Å². The fourth-order valence-electron chi connectivity index (χ4n) is 1.64. The molecule has 0 fully saturated rings. The van der Waals surface area contributed by atoms with Gasteiger partial charge in [0.2, 0.25) is 5.88 Å². The highest BCUT2D eigenvalue weighted by atomic mass is 19.1. The van der Waals surface area contributed by atoms with Crippen molar-refractivity contribution in [2.24, 2.45) is 0 Å². The molecule has 19 heavy (non-hydrogen) atoms. The number of hydrogen-bond acceptors (Lipinski definition) is 4. The maximum absolute atomic E-state index is 13.1. The number of aromatic nitrogens is 2. The van der Waals surface area contributed by atoms with Gasteiger partial charge in [0, 0.05) is 12.5 Å². The van der Waals surface area contributed by atoms with E-state index in [0.29, 0.717) is 28.8 Å². The van der Waals surface area contributed by atoms with Crippen LogP contribution >= 0.6 is 0 Å². The lowest BCUT2D eigenvalue weighted by Crippen LogP contribution is -2.05. The molecule has 2 rings (SSSR count). The zero-order chi connectivity index (χ0) is 13.8. The summed E-state index contributed by atoms with van der Waals surface area (Å²) >= 11 is 0. The summed E-state index contributed by atoms with van der Waals surface area (Å²) in [4.78, 5) is 8.51. The van der Waals surface area contributed by atoms with Crippen LogP contribution in [0.5, 0.6) is 11.6 Å². The molecule has 0 aliphatic rings. The Hall–Kier alpha value is -2.17. The quantitative estimate of drug-likeness (QED) is 0.917. The van der Waals surface area contributed by atoms with E-state index < -0.39 is 0 Å². The third kappa shape index (κ3) is 3.19. The van der Waals surface area contributed by atoms with Gasteiger partial charge in [-0.15, -0.1) is 0 Å². The molecule has 1 aromatic heterocycles. The second-order valence-electron chi connectivity index (χ2n) is 4.26. The van der Waals surface area contributed by atoms with Crippen LogP contribution in [0.3, 0.4) is 0 Å². The molecule has 0 bridgehead atoms. The molecule has 5 heteroatoms. The van der Waals surface area contributed by atoms with Gasteiger partial charge < -0.3 is 10.5 Å². The Morgan fingerprint density at radius 2 is 2.11 bits per heavy atom. The highest BCUT2D eigenvalue weighted by Crippen LogP contribution is 2.26. The molecule has 0 atom stereocenters. The second kappa shape index (κ2) is 5.65. The van der Waals surface area contributed by atoms with Gasteiger partial charge in [-0.25, -0.2) is 9.37 Å². The van der Waals surface area contributed by atoms with E-state index in [-0.39, 0.29) is 5.82 Å². The molecule has 4 nitrogen and oxygen atoms in total. The number of anilines is 1. The monoisotopic (exact) mass is 261 g/mol. The minimum atomic E-state index is -0.356. The van der Waals surface area contributed by atoms with Gasteiger partial charge in [0.25, 0.3) is 0 Å². The van der Waals surface area contributed by atoms with Crippen LogP contribution in [-0.4, -0.2) is 9.97 Å². The van der Waals surface area contributed by atoms with E-state index in [2.05, 4.69) is 9.97 Å². The van der Waals surface area contributed by atoms with Crippen molar-refractivity contribution in [1.29, 1.82) is 0 Å². The first-order valence-corrected chi connectivity index (χ1v) is 6.16. The summed E-state index contributed by atoms with van der Waals surface area (Å²) in [6.45, 7) is 3.81. The summed E-state index contributed by atoms with van der Waals surface area (Å²) in [6.07, 6.45) is 1.64. The number of nitrogens with two attached hydrogens (primary N) is 1. The van der Waals surface area contributed by atoms with Crippen LogP contribution in [0.2, 0.25) is 0 Å². The summed E-state index contributed by atoms with van der Waals surface area (Å²) < 4.78 is 18.7. The van der Waals surface area contributed by atoms with E-state index in [1.54, 1.807) is 19.1 Å². The van der Waals surface area contributed by atoms with Crippen molar-refractivity contribution in [1.82, 2.24) is 9.97 Å². The molecule has 0 unspecified atom stereocenters. The van der Waals surface area contributed by atoms with Crippen molar-refractivity contribution < 1.29 is 9.13 Å². The van der Waals surface area contributed by atoms with Crippen LogP contribution in [0.15, 0.2) is 24.3 Å². The Morgan fingerprint density at radius 1 is 1.32 bits per heavy atom. The van der Waals surface area contributed by atoms with Gasteiger partial charge in [-0.3, -0.25) is 0 Å². The maximum Gasteiger partial charge on any atom is 0.227 e. The average Bonchev–Trinajstić information content (AvgIpc) is 2.36. The minimum Gasteiger partial charge on any atom is -0.438 e. The highest BCUT2D eigenvalue weighted by molar-refractivity contribution is 5.46. The molecule has 0 radical (unpaired) electrons. The highest BCUT2D eigenvalue weighted by Gasteiger charge is 2.10. The third-order valence-electron chi connectivity index (χ3n) is 2.67. The minimum absolute atomic E-state index is 0.356. The molecule has 0 spiro atoms. The summed E-state index contributed by atoms with van der Waals surface area (Å²) in [5.74, 6) is 1.44. The van der Waals surface area contributed by atoms with Gasteiger partial charge in [-0.2, -0.15) is 4.98 Å². The predicted octanol–water partition coefficient (Wildman–Crippen LogP) is 3.25. The smallest absolute Gasteiger partial charge is 0.227 e. The molecule has 0 amide bonds. The fraction of sp³-hybridized carbons (Fsp3) is 0.286. The molecule has 0 saturated carbocycles. The van der Waals surface area contributed by atoms with Gasteiger partial charge in [0.1, 0.15) is 23.2 Å². The zero-order valence-corrected chi connectivity index (χ0v) is 11.0. The van der Waals surface area contributed by atoms with E-state index in [0.717, 1.165) is 12.8 Å². The van der Waals surface area contributed by atoms with E-state index in [1.165, 1.54) is 12.1 Å². The van der Waals surface area contributed by atoms with Crippen LogP contribution in [0.25, 0.3) is 0 Å². The molecule has 2 N–H and O–H groups in total. The standard InChI is InChI=1S/C14H16FN3O/c1-3-5-12-17-13(16)9(2)14(18-12)19-11-7-4-6-10(15)8-11/h4,6-8H,3,5H2,1-2H3,(H2,16,17,18). The number of nitrogens with zero attached hydrogens (tertiary/aromatic N) is 2. The fourth-order valence-corrected chi connectivity index (χ4v) is 1.64. The van der Waals surface area contributed by atoms with Crippen molar-refractivity contribution in [3.05, 3.63) is 41.5 Å². The number of hydrogen-bond donors (Lipinski definition) is 1.